The van der Waals surface area contributed by atoms with Crippen molar-refractivity contribution in [3.8, 4) is 0 Å². The van der Waals surface area contributed by atoms with E-state index in [1.807, 2.05) is 59.3 Å². The zero-order valence-corrected chi connectivity index (χ0v) is 27.8. The topological polar surface area (TPSA) is 192 Å². The minimum absolute atomic E-state index is 0.0394. The van der Waals surface area contributed by atoms with Gasteiger partial charge in [-0.25, -0.2) is 13.1 Å². The Bertz CT molecular complexity index is 2100. The summed E-state index contributed by atoms with van der Waals surface area (Å²) in [5.74, 6) is -1.24. The molecule has 0 saturated carbocycles. The maximum Gasteiger partial charge on any atom is 0.293 e. The lowest BCUT2D eigenvalue weighted by Crippen LogP contribution is -2.44. The Kier molecular flexibility index (Phi) is 11.0. The first kappa shape index (κ1) is 34.7. The van der Waals surface area contributed by atoms with Crippen molar-refractivity contribution in [2.24, 2.45) is 0 Å². The van der Waals surface area contributed by atoms with E-state index < -0.39 is 43.4 Å². The van der Waals surface area contributed by atoms with Crippen LogP contribution in [-0.4, -0.2) is 54.4 Å². The number of aromatic amines is 1. The smallest absolute Gasteiger partial charge is 0.293 e. The van der Waals surface area contributed by atoms with Gasteiger partial charge in [-0.2, -0.15) is 0 Å². The van der Waals surface area contributed by atoms with Gasteiger partial charge in [0.1, 0.15) is 11.7 Å². The molecule has 49 heavy (non-hydrogen) atoms. The van der Waals surface area contributed by atoms with E-state index in [4.69, 9.17) is 0 Å². The number of carbonyl (C=O) groups is 3. The Balaban J connectivity index is 1.21. The van der Waals surface area contributed by atoms with E-state index in [2.05, 4.69) is 20.9 Å². The second-order valence-electron chi connectivity index (χ2n) is 10.8. The quantitative estimate of drug-likeness (QED) is 0.0455. The highest BCUT2D eigenvalue weighted by atomic mass is 32.2. The number of nitrogens with zero attached hydrogens (tertiary/aromatic N) is 1. The first-order chi connectivity index (χ1) is 23.5. The summed E-state index contributed by atoms with van der Waals surface area (Å²) in [6.07, 6.45) is 2.00. The second kappa shape index (κ2) is 15.5. The van der Waals surface area contributed by atoms with Crippen LogP contribution in [0.1, 0.15) is 22.8 Å². The van der Waals surface area contributed by atoms with E-state index in [-0.39, 0.29) is 23.6 Å². The molecular weight excluding hydrogens is 669 g/mol. The van der Waals surface area contributed by atoms with Crippen molar-refractivity contribution in [1.82, 2.24) is 15.0 Å². The SMILES string of the molecule is CC(=O)N[C@@H](Cc1c[nH]c2ccccc12)C(=O)Nc1ccc(C(=O)NS(=O)(=O)c2ccc(NCCSc3ccccc3)c([N+](=O)[O-])c2)cc1. The van der Waals surface area contributed by atoms with Crippen molar-refractivity contribution in [1.29, 1.82) is 0 Å². The monoisotopic (exact) mass is 700 g/mol. The van der Waals surface area contributed by atoms with E-state index in [0.29, 0.717) is 18.0 Å². The van der Waals surface area contributed by atoms with Gasteiger partial charge in [-0.1, -0.05) is 36.4 Å². The highest BCUT2D eigenvalue weighted by molar-refractivity contribution is 7.99. The lowest BCUT2D eigenvalue weighted by Gasteiger charge is -2.17. The van der Waals surface area contributed by atoms with Gasteiger partial charge in [-0.15, -0.1) is 11.8 Å². The van der Waals surface area contributed by atoms with E-state index >= 15 is 0 Å². The Morgan fingerprint density at radius 1 is 0.939 bits per heavy atom. The number of nitro groups is 1. The number of amides is 3. The molecule has 252 valence electrons. The van der Waals surface area contributed by atoms with Crippen LogP contribution in [0.4, 0.5) is 17.1 Å². The summed E-state index contributed by atoms with van der Waals surface area (Å²) >= 11 is 1.56. The lowest BCUT2D eigenvalue weighted by atomic mass is 10.0. The zero-order chi connectivity index (χ0) is 35.0. The number of nitro benzene ring substituents is 1. The number of carbonyl (C=O) groups excluding carboxylic acids is 3. The van der Waals surface area contributed by atoms with E-state index in [0.717, 1.165) is 27.4 Å². The molecule has 1 atom stereocenters. The summed E-state index contributed by atoms with van der Waals surface area (Å²) < 4.78 is 28.0. The van der Waals surface area contributed by atoms with Crippen LogP contribution in [0.3, 0.4) is 0 Å². The number of rotatable bonds is 14. The van der Waals surface area contributed by atoms with Crippen LogP contribution in [-0.2, 0) is 26.0 Å². The zero-order valence-electron chi connectivity index (χ0n) is 26.1. The van der Waals surface area contributed by atoms with E-state index in [1.165, 1.54) is 43.3 Å². The largest absolute Gasteiger partial charge is 0.379 e. The number of H-pyrrole nitrogens is 1. The van der Waals surface area contributed by atoms with Crippen molar-refractivity contribution >= 4 is 67.5 Å². The Morgan fingerprint density at radius 2 is 1.65 bits per heavy atom. The molecule has 0 aliphatic heterocycles. The molecular formula is C34H32N6O7S2. The molecule has 5 N–H and O–H groups in total. The third-order valence-electron chi connectivity index (χ3n) is 7.34. The predicted octanol–water partition coefficient (Wildman–Crippen LogP) is 5.08. The first-order valence-corrected chi connectivity index (χ1v) is 17.5. The van der Waals surface area contributed by atoms with Crippen LogP contribution >= 0.6 is 11.8 Å². The Morgan fingerprint density at radius 3 is 2.37 bits per heavy atom. The number of hydrogen-bond acceptors (Lipinski definition) is 9. The summed E-state index contributed by atoms with van der Waals surface area (Å²) in [6.45, 7) is 1.70. The van der Waals surface area contributed by atoms with Gasteiger partial charge in [-0.05, 0) is 60.2 Å². The third-order valence-corrected chi connectivity index (χ3v) is 9.68. The summed E-state index contributed by atoms with van der Waals surface area (Å²) in [7, 11) is -4.48. The number of hydrogen-bond donors (Lipinski definition) is 5. The predicted molar refractivity (Wildman–Crippen MR) is 188 cm³/mol. The fraction of sp³-hybridized carbons (Fsp3) is 0.147. The average Bonchev–Trinajstić information content (AvgIpc) is 3.49. The molecule has 13 nitrogen and oxygen atoms in total. The van der Waals surface area contributed by atoms with Crippen LogP contribution in [0.15, 0.2) is 113 Å². The molecule has 1 aromatic heterocycles. The number of benzene rings is 4. The van der Waals surface area contributed by atoms with Crippen LogP contribution in [0.25, 0.3) is 10.9 Å². The fourth-order valence-electron chi connectivity index (χ4n) is 5.00. The fourth-order valence-corrected chi connectivity index (χ4v) is 6.78. The highest BCUT2D eigenvalue weighted by Crippen LogP contribution is 2.28. The summed E-state index contributed by atoms with van der Waals surface area (Å²) in [5, 5.41) is 21.0. The van der Waals surface area contributed by atoms with Crippen LogP contribution in [0.5, 0.6) is 0 Å². The van der Waals surface area contributed by atoms with Gasteiger partial charge in [-0.3, -0.25) is 24.5 Å². The van der Waals surface area contributed by atoms with Gasteiger partial charge in [0.2, 0.25) is 11.8 Å². The maximum atomic E-state index is 13.2. The second-order valence-corrected chi connectivity index (χ2v) is 13.7. The number of para-hydroxylation sites is 1. The van der Waals surface area contributed by atoms with Crippen LogP contribution in [0.2, 0.25) is 0 Å². The number of sulfonamides is 1. The van der Waals surface area contributed by atoms with Gasteiger partial charge < -0.3 is 20.9 Å². The normalized spacial score (nSPS) is 11.8. The molecule has 0 fully saturated rings. The van der Waals surface area contributed by atoms with E-state index in [1.54, 1.807) is 18.0 Å². The van der Waals surface area contributed by atoms with Gasteiger partial charge in [0.05, 0.1) is 9.82 Å². The molecule has 0 bridgehead atoms. The molecule has 1 heterocycles. The van der Waals surface area contributed by atoms with Crippen molar-refractivity contribution < 1.29 is 27.7 Å². The molecule has 0 saturated heterocycles. The molecule has 4 aromatic carbocycles. The summed E-state index contributed by atoms with van der Waals surface area (Å²) in [6, 6.07) is 25.1. The Hall–Kier alpha value is -5.67. The molecule has 0 unspecified atom stereocenters. The van der Waals surface area contributed by atoms with Crippen molar-refractivity contribution in [3.63, 3.8) is 0 Å². The molecule has 3 amide bonds. The van der Waals surface area contributed by atoms with Gasteiger partial charge in [0.15, 0.2) is 0 Å². The number of thioether (sulfide) groups is 1. The van der Waals surface area contributed by atoms with Crippen molar-refractivity contribution in [2.45, 2.75) is 29.2 Å². The molecule has 15 heteroatoms. The molecule has 0 radical (unpaired) electrons. The number of aromatic nitrogens is 1. The molecule has 0 aliphatic carbocycles. The van der Waals surface area contributed by atoms with Crippen molar-refractivity contribution in [2.75, 3.05) is 22.9 Å². The van der Waals surface area contributed by atoms with Gasteiger partial charge in [0, 0.05) is 65.0 Å². The number of anilines is 2. The number of nitrogens with one attached hydrogen (secondary N) is 5. The summed E-state index contributed by atoms with van der Waals surface area (Å²) in [4.78, 5) is 52.7. The molecule has 0 aliphatic rings. The van der Waals surface area contributed by atoms with Crippen LogP contribution < -0.4 is 20.7 Å². The summed E-state index contributed by atoms with van der Waals surface area (Å²) in [5.41, 5.74) is 1.69. The first-order valence-electron chi connectivity index (χ1n) is 15.0. The van der Waals surface area contributed by atoms with Gasteiger partial charge in [0.25, 0.3) is 21.6 Å². The van der Waals surface area contributed by atoms with E-state index in [9.17, 15) is 32.9 Å². The maximum absolute atomic E-state index is 13.2. The average molecular weight is 701 g/mol. The Labute approximate surface area is 286 Å². The van der Waals surface area contributed by atoms with Crippen LogP contribution in [0, 0.1) is 10.1 Å². The minimum Gasteiger partial charge on any atom is -0.379 e. The molecule has 0 spiro atoms. The van der Waals surface area contributed by atoms with Gasteiger partial charge >= 0.3 is 0 Å². The lowest BCUT2D eigenvalue weighted by molar-refractivity contribution is -0.384. The van der Waals surface area contributed by atoms with Crippen molar-refractivity contribution in [3.05, 3.63) is 124 Å². The third kappa shape index (κ3) is 9.03. The molecule has 5 rings (SSSR count). The molecule has 5 aromatic rings. The standard InChI is InChI=1S/C34H32N6O7S2/c1-22(41)37-31(19-24-21-36-29-10-6-5-9-28(24)29)34(43)38-25-13-11-23(12-14-25)33(42)39-49(46,47)27-15-16-30(32(20-27)40(44)45)35-17-18-48-26-7-3-2-4-8-26/h2-16,20-21,31,35-36H,17-19H2,1H3,(H,37,41)(H,38,43)(H,39,42)/t31-/m0/s1. The number of fused-ring (bicyclic) bond motifs is 1. The minimum atomic E-state index is -4.48. The highest BCUT2D eigenvalue weighted by Gasteiger charge is 2.25.